The van der Waals surface area contributed by atoms with Gasteiger partial charge in [0.2, 0.25) is 0 Å². The molecule has 0 spiro atoms. The zero-order chi connectivity index (χ0) is 11.5. The molecule has 0 unspecified atom stereocenters. The van der Waals surface area contributed by atoms with Crippen molar-refractivity contribution in [2.75, 3.05) is 24.7 Å². The van der Waals surface area contributed by atoms with Crippen molar-refractivity contribution in [1.82, 2.24) is 0 Å². The molecule has 0 fully saturated rings. The van der Waals surface area contributed by atoms with Gasteiger partial charge in [-0.2, -0.15) is 11.8 Å². The van der Waals surface area contributed by atoms with E-state index in [-0.39, 0.29) is 12.1 Å². The van der Waals surface area contributed by atoms with Gasteiger partial charge in [0.25, 0.3) is 0 Å². The molecule has 0 amide bonds. The molecule has 0 aliphatic carbocycles. The molecule has 0 saturated carbocycles. The smallest absolute Gasteiger partial charge is 0.306 e. The molecule has 3 nitrogen and oxygen atoms in total. The van der Waals surface area contributed by atoms with Crippen LogP contribution in [0.5, 0.6) is 0 Å². The van der Waals surface area contributed by atoms with E-state index in [9.17, 15) is 4.79 Å². The van der Waals surface area contributed by atoms with E-state index in [4.69, 9.17) is 9.47 Å². The highest BCUT2D eigenvalue weighted by atomic mass is 32.2. The Morgan fingerprint density at radius 1 is 1.27 bits per heavy atom. The fourth-order valence-corrected chi connectivity index (χ4v) is 1.69. The maximum absolute atomic E-state index is 11.1. The van der Waals surface area contributed by atoms with Crippen LogP contribution >= 0.6 is 11.8 Å². The zero-order valence-corrected chi connectivity index (χ0v) is 10.8. The fourth-order valence-electron chi connectivity index (χ4n) is 0.944. The van der Waals surface area contributed by atoms with Crippen molar-refractivity contribution in [2.24, 2.45) is 0 Å². The van der Waals surface area contributed by atoms with Crippen LogP contribution < -0.4 is 0 Å². The Morgan fingerprint density at radius 2 is 2.00 bits per heavy atom. The Hall–Kier alpha value is -0.220. The van der Waals surface area contributed by atoms with Crippen LogP contribution in [0.15, 0.2) is 0 Å². The van der Waals surface area contributed by atoms with Gasteiger partial charge >= 0.3 is 5.97 Å². The summed E-state index contributed by atoms with van der Waals surface area (Å²) in [6.45, 7) is 7.43. The molecule has 0 rings (SSSR count). The minimum atomic E-state index is -0.105. The molecule has 0 aromatic carbocycles. The molecule has 0 atom stereocenters. The van der Waals surface area contributed by atoms with E-state index in [1.165, 1.54) is 0 Å². The van der Waals surface area contributed by atoms with Crippen molar-refractivity contribution in [3.63, 3.8) is 0 Å². The van der Waals surface area contributed by atoms with Crippen LogP contribution in [0, 0.1) is 0 Å². The van der Waals surface area contributed by atoms with Gasteiger partial charge in [0.15, 0.2) is 0 Å². The standard InChI is InChI=1S/C11H22O3S/c1-4-6-13-7-9-15-8-5-11(12)14-10(2)3/h10H,4-9H2,1-3H3. The predicted molar refractivity (Wildman–Crippen MR) is 64.3 cm³/mol. The molecular formula is C11H22O3S. The van der Waals surface area contributed by atoms with E-state index in [1.54, 1.807) is 11.8 Å². The Labute approximate surface area is 96.9 Å². The molecule has 0 N–H and O–H groups in total. The predicted octanol–water partition coefficient (Wildman–Crippen LogP) is 2.49. The van der Waals surface area contributed by atoms with Crippen LogP contribution in [-0.4, -0.2) is 36.8 Å². The lowest BCUT2D eigenvalue weighted by Crippen LogP contribution is -2.12. The number of rotatable bonds is 9. The Balaban J connectivity index is 3.13. The normalized spacial score (nSPS) is 10.7. The van der Waals surface area contributed by atoms with E-state index < -0.39 is 0 Å². The van der Waals surface area contributed by atoms with Gasteiger partial charge in [0.1, 0.15) is 0 Å². The molecule has 0 heterocycles. The average molecular weight is 234 g/mol. The number of thioether (sulfide) groups is 1. The molecule has 0 saturated heterocycles. The molecule has 0 aliphatic rings. The van der Waals surface area contributed by atoms with Crippen molar-refractivity contribution in [3.05, 3.63) is 0 Å². The lowest BCUT2D eigenvalue weighted by atomic mass is 10.4. The number of hydrogen-bond donors (Lipinski definition) is 0. The molecule has 0 bridgehead atoms. The highest BCUT2D eigenvalue weighted by Gasteiger charge is 2.04. The lowest BCUT2D eigenvalue weighted by molar-refractivity contribution is -0.146. The summed E-state index contributed by atoms with van der Waals surface area (Å²) in [6, 6.07) is 0. The summed E-state index contributed by atoms with van der Waals surface area (Å²) in [7, 11) is 0. The molecule has 0 radical (unpaired) electrons. The quantitative estimate of drug-likeness (QED) is 0.453. The van der Waals surface area contributed by atoms with E-state index in [1.807, 2.05) is 13.8 Å². The average Bonchev–Trinajstić information content (AvgIpc) is 2.15. The first-order valence-corrected chi connectivity index (χ1v) is 6.67. The summed E-state index contributed by atoms with van der Waals surface area (Å²) in [5, 5.41) is 0. The highest BCUT2D eigenvalue weighted by molar-refractivity contribution is 7.99. The van der Waals surface area contributed by atoms with Crippen LogP contribution in [-0.2, 0) is 14.3 Å². The van der Waals surface area contributed by atoms with Gasteiger partial charge in [-0.3, -0.25) is 4.79 Å². The van der Waals surface area contributed by atoms with Crippen molar-refractivity contribution >= 4 is 17.7 Å². The van der Waals surface area contributed by atoms with Crippen LogP contribution in [0.1, 0.15) is 33.6 Å². The van der Waals surface area contributed by atoms with Gasteiger partial charge in [0, 0.05) is 18.1 Å². The van der Waals surface area contributed by atoms with E-state index in [0.29, 0.717) is 6.42 Å². The van der Waals surface area contributed by atoms with Gasteiger partial charge < -0.3 is 9.47 Å². The highest BCUT2D eigenvalue weighted by Crippen LogP contribution is 2.04. The number of carbonyl (C=O) groups is 1. The first kappa shape index (κ1) is 14.8. The molecule has 90 valence electrons. The van der Waals surface area contributed by atoms with E-state index in [0.717, 1.165) is 31.1 Å². The van der Waals surface area contributed by atoms with Gasteiger partial charge in [0.05, 0.1) is 19.1 Å². The number of ether oxygens (including phenoxy) is 2. The summed E-state index contributed by atoms with van der Waals surface area (Å²) in [4.78, 5) is 11.1. The van der Waals surface area contributed by atoms with Crippen molar-refractivity contribution in [3.8, 4) is 0 Å². The Kier molecular flexibility index (Phi) is 10.2. The van der Waals surface area contributed by atoms with Crippen LogP contribution in [0.2, 0.25) is 0 Å². The van der Waals surface area contributed by atoms with Crippen LogP contribution in [0.4, 0.5) is 0 Å². The van der Waals surface area contributed by atoms with E-state index in [2.05, 4.69) is 6.92 Å². The summed E-state index contributed by atoms with van der Waals surface area (Å²) >= 11 is 1.73. The molecule has 0 aromatic rings. The lowest BCUT2D eigenvalue weighted by Gasteiger charge is -2.07. The second-order valence-corrected chi connectivity index (χ2v) is 4.74. The second kappa shape index (κ2) is 10.3. The summed E-state index contributed by atoms with van der Waals surface area (Å²) in [6.07, 6.45) is 1.55. The number of carbonyl (C=O) groups excluding carboxylic acids is 1. The van der Waals surface area contributed by atoms with Gasteiger partial charge in [-0.15, -0.1) is 0 Å². The summed E-state index contributed by atoms with van der Waals surface area (Å²) in [5.41, 5.74) is 0. The van der Waals surface area contributed by atoms with Gasteiger partial charge in [-0.05, 0) is 20.3 Å². The molecular weight excluding hydrogens is 212 g/mol. The second-order valence-electron chi connectivity index (χ2n) is 3.51. The van der Waals surface area contributed by atoms with Gasteiger partial charge in [-0.1, -0.05) is 6.92 Å². The molecule has 15 heavy (non-hydrogen) atoms. The third-order valence-corrected chi connectivity index (χ3v) is 2.49. The number of esters is 1. The minimum Gasteiger partial charge on any atom is -0.463 e. The molecule has 0 aliphatic heterocycles. The van der Waals surface area contributed by atoms with Crippen molar-refractivity contribution in [2.45, 2.75) is 39.7 Å². The maximum atomic E-state index is 11.1. The maximum Gasteiger partial charge on any atom is 0.306 e. The van der Waals surface area contributed by atoms with E-state index >= 15 is 0 Å². The van der Waals surface area contributed by atoms with Crippen molar-refractivity contribution < 1.29 is 14.3 Å². The van der Waals surface area contributed by atoms with Gasteiger partial charge in [-0.25, -0.2) is 0 Å². The fraction of sp³-hybridized carbons (Fsp3) is 0.909. The number of hydrogen-bond acceptors (Lipinski definition) is 4. The van der Waals surface area contributed by atoms with Crippen LogP contribution in [0.3, 0.4) is 0 Å². The molecule has 0 aromatic heterocycles. The minimum absolute atomic E-state index is 0.00427. The molecule has 4 heteroatoms. The summed E-state index contributed by atoms with van der Waals surface area (Å²) < 4.78 is 10.3. The monoisotopic (exact) mass is 234 g/mol. The SMILES string of the molecule is CCCOCCSCCC(=O)OC(C)C. The third-order valence-electron chi connectivity index (χ3n) is 1.54. The topological polar surface area (TPSA) is 35.5 Å². The third kappa shape index (κ3) is 11.7. The Morgan fingerprint density at radius 3 is 2.60 bits per heavy atom. The summed E-state index contributed by atoms with van der Waals surface area (Å²) in [5.74, 6) is 1.67. The first-order chi connectivity index (χ1) is 7.16. The first-order valence-electron chi connectivity index (χ1n) is 5.51. The largest absolute Gasteiger partial charge is 0.463 e. The van der Waals surface area contributed by atoms with Crippen LogP contribution in [0.25, 0.3) is 0 Å². The zero-order valence-electron chi connectivity index (χ0n) is 9.95. The Bertz CT molecular complexity index is 160. The van der Waals surface area contributed by atoms with Crippen molar-refractivity contribution in [1.29, 1.82) is 0 Å².